The van der Waals surface area contributed by atoms with Crippen LogP contribution in [0, 0.1) is 11.3 Å². The summed E-state index contributed by atoms with van der Waals surface area (Å²) in [5.74, 6) is 5.44. The Morgan fingerprint density at radius 3 is 2.44 bits per heavy atom. The molecule has 1 saturated heterocycles. The number of nitrogens with zero attached hydrogens (tertiary/aromatic N) is 4. The van der Waals surface area contributed by atoms with Crippen molar-refractivity contribution in [3.8, 4) is 6.07 Å². The first-order chi connectivity index (χ1) is 20.1. The number of benzene rings is 2. The summed E-state index contributed by atoms with van der Waals surface area (Å²) in [5, 5.41) is 13.4. The van der Waals surface area contributed by atoms with Gasteiger partial charge in [0.2, 0.25) is 0 Å². The van der Waals surface area contributed by atoms with Crippen molar-refractivity contribution >= 4 is 17.7 Å². The minimum atomic E-state index is -4.58. The van der Waals surface area contributed by atoms with Crippen LogP contribution in [-0.4, -0.2) is 73.8 Å². The van der Waals surface area contributed by atoms with Crippen LogP contribution in [-0.2, 0) is 22.3 Å². The highest BCUT2D eigenvalue weighted by Crippen LogP contribution is 2.36. The number of anilines is 1. The van der Waals surface area contributed by atoms with Crippen molar-refractivity contribution in [2.24, 2.45) is 5.84 Å². The molecular formula is C30H40F3N7O3+2. The van der Waals surface area contributed by atoms with E-state index >= 15 is 0 Å². The second-order valence-electron chi connectivity index (χ2n) is 11.4. The van der Waals surface area contributed by atoms with Crippen molar-refractivity contribution in [1.29, 1.82) is 5.26 Å². The number of likely N-dealkylation sites (tertiary alicyclic amines) is 1. The van der Waals surface area contributed by atoms with Gasteiger partial charge in [-0.15, -0.1) is 0 Å². The lowest BCUT2D eigenvalue weighted by atomic mass is 9.90. The third-order valence-electron chi connectivity index (χ3n) is 7.99. The first-order valence-corrected chi connectivity index (χ1v) is 13.8. The second-order valence-corrected chi connectivity index (χ2v) is 11.4. The molecule has 0 spiro atoms. The number of carbonyl (C=O) groups is 2. The normalized spacial score (nSPS) is 16.1. The average Bonchev–Trinajstić information content (AvgIpc) is 2.95. The van der Waals surface area contributed by atoms with Gasteiger partial charge >= 0.3 is 18.2 Å². The highest BCUT2D eigenvalue weighted by molar-refractivity contribution is 5.92. The number of allylic oxidation sites excluding steroid dienone is 1. The van der Waals surface area contributed by atoms with E-state index in [4.69, 9.17) is 10.6 Å². The minimum absolute atomic E-state index is 0.0668. The van der Waals surface area contributed by atoms with E-state index in [0.29, 0.717) is 33.8 Å². The van der Waals surface area contributed by atoms with Gasteiger partial charge in [-0.05, 0) is 49.9 Å². The molecule has 1 fully saturated rings. The summed E-state index contributed by atoms with van der Waals surface area (Å²) in [5.41, 5.74) is 4.16. The highest BCUT2D eigenvalue weighted by atomic mass is 19.4. The van der Waals surface area contributed by atoms with Crippen molar-refractivity contribution in [2.75, 3.05) is 46.7 Å². The summed E-state index contributed by atoms with van der Waals surface area (Å²) < 4.78 is 45.8. The Morgan fingerprint density at radius 1 is 1.23 bits per heavy atom. The SMILES string of the molecule is COC(=O)/C(=C(\C)Nc1cccc(C(F)(F)F)c1)[C@@H](c1ccc(C#N)cc1C[N+](C)(C)C1CCN(C)CC1)N(N)C([NH3+])=O. The molecule has 1 atom stereocenters. The Balaban J connectivity index is 2.19. The van der Waals surface area contributed by atoms with Crippen LogP contribution in [0.4, 0.5) is 23.7 Å². The van der Waals surface area contributed by atoms with Gasteiger partial charge in [-0.25, -0.2) is 20.4 Å². The molecule has 232 valence electrons. The average molecular weight is 604 g/mol. The van der Waals surface area contributed by atoms with Crippen LogP contribution in [0.2, 0.25) is 0 Å². The number of esters is 1. The molecule has 10 nitrogen and oxygen atoms in total. The molecule has 0 saturated carbocycles. The van der Waals surface area contributed by atoms with E-state index in [1.807, 2.05) is 0 Å². The van der Waals surface area contributed by atoms with E-state index in [1.165, 1.54) is 19.1 Å². The fourth-order valence-corrected chi connectivity index (χ4v) is 5.57. The largest absolute Gasteiger partial charge is 0.466 e. The zero-order valence-corrected chi connectivity index (χ0v) is 25.2. The van der Waals surface area contributed by atoms with E-state index in [-0.39, 0.29) is 17.0 Å². The molecule has 0 radical (unpaired) electrons. The maximum absolute atomic E-state index is 13.4. The zero-order valence-electron chi connectivity index (χ0n) is 25.2. The summed E-state index contributed by atoms with van der Waals surface area (Å²) >= 11 is 0. The van der Waals surface area contributed by atoms with Crippen LogP contribution in [0.3, 0.4) is 0 Å². The number of ether oxygens (including phenoxy) is 1. The molecule has 2 aromatic rings. The molecule has 1 aliphatic rings. The van der Waals surface area contributed by atoms with Crippen LogP contribution in [0.25, 0.3) is 0 Å². The van der Waals surface area contributed by atoms with Crippen molar-refractivity contribution in [2.45, 2.75) is 44.6 Å². The highest BCUT2D eigenvalue weighted by Gasteiger charge is 2.38. The van der Waals surface area contributed by atoms with Gasteiger partial charge in [-0.1, -0.05) is 12.1 Å². The lowest BCUT2D eigenvalue weighted by Crippen LogP contribution is -2.67. The molecule has 1 aliphatic heterocycles. The summed E-state index contributed by atoms with van der Waals surface area (Å²) in [4.78, 5) is 28.2. The number of alkyl halides is 3. The van der Waals surface area contributed by atoms with E-state index < -0.39 is 29.8 Å². The van der Waals surface area contributed by atoms with Gasteiger partial charge in [0.25, 0.3) is 0 Å². The van der Waals surface area contributed by atoms with Crippen molar-refractivity contribution in [1.82, 2.24) is 9.91 Å². The fraction of sp³-hybridized carbons (Fsp3) is 0.433. The fourth-order valence-electron chi connectivity index (χ4n) is 5.57. The summed E-state index contributed by atoms with van der Waals surface area (Å²) in [7, 11) is 7.43. The molecule has 0 aromatic heterocycles. The summed E-state index contributed by atoms with van der Waals surface area (Å²) in [6.07, 6.45) is -2.64. The van der Waals surface area contributed by atoms with Gasteiger partial charge in [-0.2, -0.15) is 18.4 Å². The molecule has 43 heavy (non-hydrogen) atoms. The minimum Gasteiger partial charge on any atom is -0.466 e. The summed E-state index contributed by atoms with van der Waals surface area (Å²) in [6.45, 7) is 3.83. The molecule has 1 heterocycles. The molecule has 2 amide bonds. The smallest absolute Gasteiger partial charge is 0.429 e. The van der Waals surface area contributed by atoms with E-state index in [2.05, 4.69) is 43.2 Å². The number of nitriles is 1. The monoisotopic (exact) mass is 603 g/mol. The van der Waals surface area contributed by atoms with Crippen LogP contribution in [0.15, 0.2) is 53.7 Å². The summed E-state index contributed by atoms with van der Waals surface area (Å²) in [6, 6.07) is 9.83. The number of urea groups is 1. The molecule has 0 aliphatic carbocycles. The van der Waals surface area contributed by atoms with Crippen LogP contribution in [0.5, 0.6) is 0 Å². The van der Waals surface area contributed by atoms with Crippen LogP contribution >= 0.6 is 0 Å². The third kappa shape index (κ3) is 8.11. The molecule has 0 unspecified atom stereocenters. The quantitative estimate of drug-likeness (QED) is 0.0997. The predicted molar refractivity (Wildman–Crippen MR) is 154 cm³/mol. The number of piperidine rings is 1. The van der Waals surface area contributed by atoms with E-state index in [9.17, 15) is 28.0 Å². The number of halogens is 3. The number of nitrogens with two attached hydrogens (primary N) is 1. The number of carbonyl (C=O) groups excluding carboxylic acids is 2. The topological polar surface area (TPSA) is 139 Å². The molecule has 3 rings (SSSR count). The Morgan fingerprint density at radius 2 is 1.88 bits per heavy atom. The number of rotatable bonds is 9. The maximum atomic E-state index is 13.4. The number of nitrogens with one attached hydrogen (secondary N) is 1. The molecule has 6 N–H and O–H groups in total. The Labute approximate surface area is 249 Å². The Bertz CT molecular complexity index is 1410. The van der Waals surface area contributed by atoms with Crippen molar-refractivity contribution in [3.05, 3.63) is 76.0 Å². The van der Waals surface area contributed by atoms with E-state index in [1.54, 1.807) is 18.2 Å². The number of hydrazine groups is 1. The van der Waals surface area contributed by atoms with Crippen molar-refractivity contribution < 1.29 is 37.7 Å². The van der Waals surface area contributed by atoms with Gasteiger partial charge < -0.3 is 19.4 Å². The van der Waals surface area contributed by atoms with Gasteiger partial charge in [0, 0.05) is 42.9 Å². The second kappa shape index (κ2) is 13.6. The first-order valence-electron chi connectivity index (χ1n) is 13.8. The number of hydrogen-bond donors (Lipinski definition) is 3. The lowest BCUT2D eigenvalue weighted by Gasteiger charge is -2.42. The molecular weight excluding hydrogens is 563 g/mol. The van der Waals surface area contributed by atoms with Gasteiger partial charge in [-0.3, -0.25) is 5.73 Å². The van der Waals surface area contributed by atoms with E-state index in [0.717, 1.165) is 50.2 Å². The van der Waals surface area contributed by atoms with Crippen molar-refractivity contribution in [3.63, 3.8) is 0 Å². The number of hydrogen-bond acceptors (Lipinski definition) is 7. The molecule has 0 bridgehead atoms. The molecule has 2 aromatic carbocycles. The zero-order chi connectivity index (χ0) is 32.1. The number of amides is 2. The van der Waals surface area contributed by atoms with Gasteiger partial charge in [0.05, 0.1) is 50.0 Å². The third-order valence-corrected chi connectivity index (χ3v) is 7.99. The Kier molecular flexibility index (Phi) is 10.6. The molecule has 13 heteroatoms. The van der Waals surface area contributed by atoms with Gasteiger partial charge in [0.1, 0.15) is 12.6 Å². The Hall–Kier alpha value is -3.96. The first kappa shape index (κ1) is 33.5. The van der Waals surface area contributed by atoms with Gasteiger partial charge in [0.15, 0.2) is 0 Å². The lowest BCUT2D eigenvalue weighted by molar-refractivity contribution is -0.929. The van der Waals surface area contributed by atoms with Crippen LogP contribution in [0.1, 0.15) is 48.1 Å². The number of methoxy groups -OCH3 is 1. The predicted octanol–water partition coefficient (Wildman–Crippen LogP) is 3.39. The maximum Gasteiger partial charge on any atom is 0.429 e. The van der Waals surface area contributed by atoms with Crippen LogP contribution < -0.4 is 16.9 Å². The number of quaternary nitrogens is 2. The standard InChI is InChI=1S/C30H38F3N7O3/c1-19(37-23-8-6-7-22(16-23)30(31,32)33)26(28(41)43-5)27(39(36)29(35)42)25-10-9-20(17-34)15-21(25)18-40(3,4)24-11-13-38(2)14-12-24/h6-10,15-16,24,27H,11-14,18,36H2,1-5H3,(H2-,35,37,41,42)/p+2/t27-/m1/s1.